The first kappa shape index (κ1) is 14.6. The summed E-state index contributed by atoms with van der Waals surface area (Å²) >= 11 is 6.77. The lowest BCUT2D eigenvalue weighted by Crippen LogP contribution is -2.13. The van der Waals surface area contributed by atoms with Crippen LogP contribution in [0.15, 0.2) is 64.0 Å². The van der Waals surface area contributed by atoms with Crippen LogP contribution in [0.5, 0.6) is 0 Å². The molecule has 0 bridgehead atoms. The van der Waals surface area contributed by atoms with Crippen molar-refractivity contribution in [3.63, 3.8) is 0 Å². The van der Waals surface area contributed by atoms with E-state index in [1.54, 1.807) is 12.1 Å². The fraction of sp³-hybridized carbons (Fsp3) is 0. The van der Waals surface area contributed by atoms with Crippen LogP contribution in [0.2, 0.25) is 0 Å². The number of para-hydroxylation sites is 1. The summed E-state index contributed by atoms with van der Waals surface area (Å²) in [7, 11) is 0. The highest BCUT2D eigenvalue weighted by Crippen LogP contribution is 2.42. The Bertz CT molecular complexity index is 780. The molecule has 0 radical (unpaired) electrons. The van der Waals surface area contributed by atoms with Crippen molar-refractivity contribution in [1.29, 1.82) is 5.26 Å². The van der Waals surface area contributed by atoms with Gasteiger partial charge in [0.05, 0.1) is 10.7 Å². The molecule has 3 nitrogen and oxygen atoms in total. The molecule has 1 heterocycles. The molecular formula is C16H10FN3S2. The number of benzene rings is 2. The molecule has 0 atom stereocenters. The fourth-order valence-electron chi connectivity index (χ4n) is 1.96. The van der Waals surface area contributed by atoms with Gasteiger partial charge in [0.1, 0.15) is 22.4 Å². The molecule has 0 aromatic heterocycles. The predicted octanol–water partition coefficient (Wildman–Crippen LogP) is 4.52. The predicted molar refractivity (Wildman–Crippen MR) is 91.2 cm³/mol. The highest BCUT2D eigenvalue weighted by atomic mass is 32.2. The van der Waals surface area contributed by atoms with Gasteiger partial charge in [-0.15, -0.1) is 0 Å². The van der Waals surface area contributed by atoms with Crippen molar-refractivity contribution in [1.82, 2.24) is 0 Å². The van der Waals surface area contributed by atoms with E-state index in [0.29, 0.717) is 21.3 Å². The summed E-state index contributed by atoms with van der Waals surface area (Å²) in [4.78, 5) is 1.35. The van der Waals surface area contributed by atoms with Crippen LogP contribution >= 0.6 is 24.0 Å². The topological polar surface area (TPSA) is 47.9 Å². The molecule has 0 saturated carbocycles. The summed E-state index contributed by atoms with van der Waals surface area (Å²) in [5.74, 6) is -0.321. The number of nitriles is 1. The molecule has 0 fully saturated rings. The van der Waals surface area contributed by atoms with E-state index in [2.05, 4.69) is 16.7 Å². The summed E-state index contributed by atoms with van der Waals surface area (Å²) in [5, 5.41) is 16.3. The van der Waals surface area contributed by atoms with Gasteiger partial charge in [-0.25, -0.2) is 4.39 Å². The van der Waals surface area contributed by atoms with E-state index in [1.807, 2.05) is 24.3 Å². The van der Waals surface area contributed by atoms with Crippen LogP contribution in [-0.2, 0) is 0 Å². The van der Waals surface area contributed by atoms with Gasteiger partial charge >= 0.3 is 0 Å². The molecule has 3 rings (SSSR count). The minimum atomic E-state index is -0.321. The lowest BCUT2D eigenvalue weighted by molar-refractivity contribution is 0.628. The van der Waals surface area contributed by atoms with Gasteiger partial charge in [0.15, 0.2) is 0 Å². The lowest BCUT2D eigenvalue weighted by Gasteiger charge is -2.09. The van der Waals surface area contributed by atoms with Crippen LogP contribution in [0.3, 0.4) is 0 Å². The Kier molecular flexibility index (Phi) is 4.09. The van der Waals surface area contributed by atoms with Crippen molar-refractivity contribution in [2.75, 3.05) is 10.6 Å². The molecule has 0 unspecified atom stereocenters. The van der Waals surface area contributed by atoms with E-state index < -0.39 is 0 Å². The average Bonchev–Trinajstić information content (AvgIpc) is 2.94. The van der Waals surface area contributed by atoms with E-state index in [-0.39, 0.29) is 5.82 Å². The number of thioether (sulfide) groups is 1. The zero-order valence-corrected chi connectivity index (χ0v) is 12.9. The largest absolute Gasteiger partial charge is 0.348 e. The Balaban J connectivity index is 1.83. The zero-order valence-electron chi connectivity index (χ0n) is 11.3. The molecule has 2 N–H and O–H groups in total. The second-order valence-electron chi connectivity index (χ2n) is 4.50. The highest BCUT2D eigenvalue weighted by Gasteiger charge is 2.21. The first-order chi connectivity index (χ1) is 10.7. The summed E-state index contributed by atoms with van der Waals surface area (Å²) in [5.41, 5.74) is 1.96. The smallest absolute Gasteiger partial charge is 0.124 e. The SMILES string of the molecule is N#C/C(C(=S)Nc1ccc(F)cc1)=C1/Nc2ccccc2S1. The Morgan fingerprint density at radius 3 is 2.59 bits per heavy atom. The minimum absolute atomic E-state index is 0.303. The number of nitrogens with one attached hydrogen (secondary N) is 2. The van der Waals surface area contributed by atoms with Crippen molar-refractivity contribution >= 4 is 40.3 Å². The Hall–Kier alpha value is -2.36. The highest BCUT2D eigenvalue weighted by molar-refractivity contribution is 8.03. The van der Waals surface area contributed by atoms with E-state index >= 15 is 0 Å². The summed E-state index contributed by atoms with van der Waals surface area (Å²) < 4.78 is 12.9. The molecule has 1 aliphatic rings. The summed E-state index contributed by atoms with van der Waals surface area (Å²) in [6.45, 7) is 0. The molecular weight excluding hydrogens is 317 g/mol. The van der Waals surface area contributed by atoms with Crippen LogP contribution in [0.1, 0.15) is 0 Å². The van der Waals surface area contributed by atoms with Crippen molar-refractivity contribution < 1.29 is 4.39 Å². The van der Waals surface area contributed by atoms with Crippen LogP contribution in [0.25, 0.3) is 0 Å². The van der Waals surface area contributed by atoms with Crippen LogP contribution in [0, 0.1) is 17.1 Å². The number of fused-ring (bicyclic) bond motifs is 1. The van der Waals surface area contributed by atoms with Gasteiger partial charge in [-0.05, 0) is 36.4 Å². The van der Waals surface area contributed by atoms with E-state index in [9.17, 15) is 9.65 Å². The molecule has 0 aliphatic carbocycles. The molecule has 0 amide bonds. The number of hydrogen-bond donors (Lipinski definition) is 2. The molecule has 1 aliphatic heterocycles. The van der Waals surface area contributed by atoms with Crippen molar-refractivity contribution in [3.8, 4) is 6.07 Å². The zero-order chi connectivity index (χ0) is 15.5. The maximum atomic E-state index is 12.9. The first-order valence-electron chi connectivity index (χ1n) is 6.42. The number of thiocarbonyl (C=S) groups is 1. The standard InChI is InChI=1S/C16H10FN3S2/c17-10-5-7-11(8-6-10)19-15(21)12(9-18)16-20-13-3-1-2-4-14(13)22-16/h1-8,20H,(H,19,21)/b16-12+. The monoisotopic (exact) mass is 327 g/mol. The molecule has 0 saturated heterocycles. The Morgan fingerprint density at radius 2 is 1.91 bits per heavy atom. The minimum Gasteiger partial charge on any atom is -0.348 e. The third-order valence-electron chi connectivity index (χ3n) is 3.02. The van der Waals surface area contributed by atoms with Crippen molar-refractivity contribution in [2.45, 2.75) is 4.90 Å². The number of nitrogens with zero attached hydrogens (tertiary/aromatic N) is 1. The van der Waals surface area contributed by atoms with Gasteiger partial charge < -0.3 is 10.6 Å². The maximum Gasteiger partial charge on any atom is 0.124 e. The lowest BCUT2D eigenvalue weighted by atomic mass is 10.2. The number of halogens is 1. The Morgan fingerprint density at radius 1 is 1.18 bits per heavy atom. The van der Waals surface area contributed by atoms with Crippen molar-refractivity contribution in [3.05, 3.63) is 65.0 Å². The van der Waals surface area contributed by atoms with Crippen molar-refractivity contribution in [2.24, 2.45) is 0 Å². The van der Waals surface area contributed by atoms with Gasteiger partial charge in [0.2, 0.25) is 0 Å². The van der Waals surface area contributed by atoms with E-state index in [1.165, 1.54) is 23.9 Å². The van der Waals surface area contributed by atoms with Gasteiger partial charge in [-0.1, -0.05) is 36.1 Å². The van der Waals surface area contributed by atoms with E-state index in [0.717, 1.165) is 10.6 Å². The molecule has 2 aromatic carbocycles. The van der Waals surface area contributed by atoms with E-state index in [4.69, 9.17) is 12.2 Å². The number of rotatable bonds is 2. The molecule has 2 aromatic rings. The average molecular weight is 327 g/mol. The Labute approximate surface area is 136 Å². The molecule has 108 valence electrons. The van der Waals surface area contributed by atoms with Gasteiger partial charge in [0, 0.05) is 10.6 Å². The van der Waals surface area contributed by atoms with Gasteiger partial charge in [-0.2, -0.15) is 5.26 Å². The number of hydrogen-bond acceptors (Lipinski definition) is 4. The first-order valence-corrected chi connectivity index (χ1v) is 7.65. The van der Waals surface area contributed by atoms with Gasteiger partial charge in [0.25, 0.3) is 0 Å². The normalized spacial score (nSPS) is 14.5. The molecule has 0 spiro atoms. The summed E-state index contributed by atoms with van der Waals surface area (Å²) in [6, 6.07) is 15.7. The van der Waals surface area contributed by atoms with Gasteiger partial charge in [-0.3, -0.25) is 0 Å². The second kappa shape index (κ2) is 6.18. The van der Waals surface area contributed by atoms with Crippen LogP contribution in [0.4, 0.5) is 15.8 Å². The van der Waals surface area contributed by atoms with Crippen LogP contribution < -0.4 is 10.6 Å². The quantitative estimate of drug-likeness (QED) is 0.482. The fourth-order valence-corrected chi connectivity index (χ4v) is 3.30. The molecule has 6 heteroatoms. The molecule has 22 heavy (non-hydrogen) atoms. The third-order valence-corrected chi connectivity index (χ3v) is 4.41. The second-order valence-corrected chi connectivity index (χ2v) is 5.96. The summed E-state index contributed by atoms with van der Waals surface area (Å²) in [6.07, 6.45) is 0. The maximum absolute atomic E-state index is 12.9. The van der Waals surface area contributed by atoms with Crippen LogP contribution in [-0.4, -0.2) is 4.99 Å². The third kappa shape index (κ3) is 2.96. The number of anilines is 2.